The van der Waals surface area contributed by atoms with Gasteiger partial charge in [0.25, 0.3) is 5.91 Å². The first kappa shape index (κ1) is 15.7. The number of aromatic nitrogens is 3. The molecular formula is C17H19N5O3. The second-order valence-electron chi connectivity index (χ2n) is 6.79. The third-order valence-electron chi connectivity index (χ3n) is 4.78. The van der Waals surface area contributed by atoms with Crippen LogP contribution in [0, 0.1) is 13.8 Å². The summed E-state index contributed by atoms with van der Waals surface area (Å²) < 4.78 is 1.65. The zero-order valence-electron chi connectivity index (χ0n) is 14.4. The van der Waals surface area contributed by atoms with Crippen LogP contribution in [-0.2, 0) is 16.6 Å². The van der Waals surface area contributed by atoms with E-state index < -0.39 is 11.9 Å². The van der Waals surface area contributed by atoms with Gasteiger partial charge in [0, 0.05) is 18.8 Å². The van der Waals surface area contributed by atoms with Crippen molar-refractivity contribution < 1.29 is 14.4 Å². The second kappa shape index (κ2) is 5.37. The van der Waals surface area contributed by atoms with Gasteiger partial charge in [-0.15, -0.1) is 0 Å². The monoisotopic (exact) mass is 341 g/mol. The second-order valence-corrected chi connectivity index (χ2v) is 6.79. The Balaban J connectivity index is 1.83. The summed E-state index contributed by atoms with van der Waals surface area (Å²) in [5.74, 6) is -0.957. The fraction of sp³-hybridized carbons (Fsp3) is 0.471. The lowest BCUT2D eigenvalue weighted by Gasteiger charge is -2.27. The van der Waals surface area contributed by atoms with Gasteiger partial charge in [-0.25, -0.2) is 4.98 Å². The largest absolute Gasteiger partial charge is 0.323 e. The number of carbonyl (C=O) groups is 3. The maximum atomic E-state index is 13.4. The van der Waals surface area contributed by atoms with Crippen molar-refractivity contribution in [1.82, 2.24) is 25.0 Å². The number of hydrogen-bond donors (Lipinski definition) is 1. The molecule has 0 aromatic carbocycles. The fourth-order valence-electron chi connectivity index (χ4n) is 3.56. The number of imide groups is 1. The summed E-state index contributed by atoms with van der Waals surface area (Å²) in [5.41, 5.74) is 2.56. The van der Waals surface area contributed by atoms with Crippen LogP contribution in [0.3, 0.4) is 0 Å². The highest BCUT2D eigenvalue weighted by molar-refractivity contribution is 6.11. The van der Waals surface area contributed by atoms with Crippen LogP contribution in [0.1, 0.15) is 41.0 Å². The smallest absolute Gasteiger partial charge is 0.255 e. The van der Waals surface area contributed by atoms with Gasteiger partial charge in [0.1, 0.15) is 6.04 Å². The molecule has 8 nitrogen and oxygen atoms in total. The van der Waals surface area contributed by atoms with Gasteiger partial charge in [-0.2, -0.15) is 5.10 Å². The van der Waals surface area contributed by atoms with E-state index in [4.69, 9.17) is 0 Å². The molecule has 0 bridgehead atoms. The number of amides is 3. The summed E-state index contributed by atoms with van der Waals surface area (Å²) in [5, 5.41) is 7.37. The Bertz CT molecular complexity index is 928. The molecule has 2 aliphatic rings. The molecule has 1 aliphatic carbocycles. The molecule has 25 heavy (non-hydrogen) atoms. The van der Waals surface area contributed by atoms with Crippen molar-refractivity contribution in [2.45, 2.75) is 45.2 Å². The van der Waals surface area contributed by atoms with E-state index in [1.165, 1.54) is 0 Å². The Hall–Kier alpha value is -2.77. The normalized spacial score (nSPS) is 20.2. The van der Waals surface area contributed by atoms with E-state index in [0.717, 1.165) is 18.5 Å². The highest BCUT2D eigenvalue weighted by atomic mass is 16.2. The van der Waals surface area contributed by atoms with Crippen LogP contribution in [-0.4, -0.2) is 49.5 Å². The van der Waals surface area contributed by atoms with Crippen LogP contribution in [0.2, 0.25) is 0 Å². The number of nitrogens with one attached hydrogen (secondary N) is 1. The number of hydrogen-bond acceptors (Lipinski definition) is 5. The lowest BCUT2D eigenvalue weighted by molar-refractivity contribution is -0.126. The minimum Gasteiger partial charge on any atom is -0.323 e. The molecule has 8 heteroatoms. The average Bonchev–Trinajstić information content (AvgIpc) is 3.26. The molecule has 1 atom stereocenters. The summed E-state index contributed by atoms with van der Waals surface area (Å²) in [6.07, 6.45) is 1.73. The summed E-state index contributed by atoms with van der Waals surface area (Å²) in [7, 11) is 1.79. The van der Waals surface area contributed by atoms with E-state index in [9.17, 15) is 14.4 Å². The quantitative estimate of drug-likeness (QED) is 0.825. The minimum atomic E-state index is -0.729. The molecule has 1 saturated heterocycles. The lowest BCUT2D eigenvalue weighted by atomic mass is 10.1. The number of pyridine rings is 1. The van der Waals surface area contributed by atoms with E-state index in [2.05, 4.69) is 15.4 Å². The van der Waals surface area contributed by atoms with Crippen LogP contribution < -0.4 is 5.32 Å². The predicted molar refractivity (Wildman–Crippen MR) is 88.7 cm³/mol. The molecule has 4 rings (SSSR count). The number of nitrogens with zero attached hydrogens (tertiary/aromatic N) is 4. The van der Waals surface area contributed by atoms with Gasteiger partial charge < -0.3 is 4.90 Å². The van der Waals surface area contributed by atoms with Gasteiger partial charge in [0.05, 0.1) is 23.1 Å². The van der Waals surface area contributed by atoms with Crippen LogP contribution in [0.15, 0.2) is 6.07 Å². The van der Waals surface area contributed by atoms with Gasteiger partial charge in [-0.05, 0) is 32.8 Å². The van der Waals surface area contributed by atoms with E-state index in [0.29, 0.717) is 22.3 Å². The Kier molecular flexibility index (Phi) is 3.38. The zero-order valence-corrected chi connectivity index (χ0v) is 14.4. The predicted octanol–water partition coefficient (Wildman–Crippen LogP) is 0.605. The molecule has 2 fully saturated rings. The molecule has 2 aromatic rings. The molecule has 0 spiro atoms. The maximum Gasteiger partial charge on any atom is 0.255 e. The Morgan fingerprint density at radius 3 is 2.64 bits per heavy atom. The van der Waals surface area contributed by atoms with Gasteiger partial charge in [-0.1, -0.05) is 0 Å². The molecule has 3 heterocycles. The standard InChI is InChI=1S/C17H19N5O3/c1-8-6-11(14-9(2)20-21(3)15(14)18-8)17(25)22(10-4-5-10)12-7-13(23)19-16(12)24/h6,10,12H,4-5,7H2,1-3H3,(H,19,23,24). The summed E-state index contributed by atoms with van der Waals surface area (Å²) >= 11 is 0. The van der Waals surface area contributed by atoms with Gasteiger partial charge in [0.15, 0.2) is 5.65 Å². The molecule has 1 aliphatic heterocycles. The van der Waals surface area contributed by atoms with Crippen LogP contribution in [0.25, 0.3) is 11.0 Å². The molecule has 130 valence electrons. The van der Waals surface area contributed by atoms with Crippen LogP contribution >= 0.6 is 0 Å². The first-order valence-corrected chi connectivity index (χ1v) is 8.34. The van der Waals surface area contributed by atoms with Crippen molar-refractivity contribution in [2.24, 2.45) is 7.05 Å². The lowest BCUT2D eigenvalue weighted by Crippen LogP contribution is -2.46. The number of carbonyl (C=O) groups excluding carboxylic acids is 3. The van der Waals surface area contributed by atoms with Crippen molar-refractivity contribution >= 4 is 28.8 Å². The Morgan fingerprint density at radius 1 is 1.32 bits per heavy atom. The highest BCUT2D eigenvalue weighted by Crippen LogP contribution is 2.34. The molecule has 0 radical (unpaired) electrons. The maximum absolute atomic E-state index is 13.4. The first-order chi connectivity index (χ1) is 11.9. The minimum absolute atomic E-state index is 0.00893. The Morgan fingerprint density at radius 2 is 2.04 bits per heavy atom. The highest BCUT2D eigenvalue weighted by Gasteiger charge is 2.45. The van der Waals surface area contributed by atoms with E-state index >= 15 is 0 Å². The van der Waals surface area contributed by atoms with Crippen LogP contribution in [0.4, 0.5) is 0 Å². The van der Waals surface area contributed by atoms with Gasteiger partial charge in [-0.3, -0.25) is 24.4 Å². The van der Waals surface area contributed by atoms with E-state index in [1.54, 1.807) is 22.7 Å². The fourth-order valence-corrected chi connectivity index (χ4v) is 3.56. The van der Waals surface area contributed by atoms with Crippen molar-refractivity contribution in [3.8, 4) is 0 Å². The SMILES string of the molecule is Cc1cc(C(=O)N(C2CC2)C2CC(=O)NC2=O)c2c(C)nn(C)c2n1. The molecule has 3 amide bonds. The van der Waals surface area contributed by atoms with E-state index in [1.807, 2.05) is 13.8 Å². The van der Waals surface area contributed by atoms with Crippen molar-refractivity contribution in [3.63, 3.8) is 0 Å². The number of rotatable bonds is 3. The zero-order chi connectivity index (χ0) is 17.9. The molecular weight excluding hydrogens is 322 g/mol. The molecule has 1 saturated carbocycles. The molecule has 1 N–H and O–H groups in total. The van der Waals surface area contributed by atoms with Crippen LogP contribution in [0.5, 0.6) is 0 Å². The summed E-state index contributed by atoms with van der Waals surface area (Å²) in [4.78, 5) is 43.2. The summed E-state index contributed by atoms with van der Waals surface area (Å²) in [6.45, 7) is 3.66. The van der Waals surface area contributed by atoms with Crippen molar-refractivity contribution in [3.05, 3.63) is 23.0 Å². The topological polar surface area (TPSA) is 97.2 Å². The number of fused-ring (bicyclic) bond motifs is 1. The van der Waals surface area contributed by atoms with Gasteiger partial charge in [0.2, 0.25) is 11.8 Å². The van der Waals surface area contributed by atoms with E-state index in [-0.39, 0.29) is 24.3 Å². The molecule has 1 unspecified atom stereocenters. The third kappa shape index (κ3) is 2.48. The van der Waals surface area contributed by atoms with Gasteiger partial charge >= 0.3 is 0 Å². The third-order valence-corrected chi connectivity index (χ3v) is 4.78. The summed E-state index contributed by atoms with van der Waals surface area (Å²) in [6, 6.07) is 1.02. The average molecular weight is 341 g/mol. The Labute approximate surface area is 144 Å². The first-order valence-electron chi connectivity index (χ1n) is 8.34. The molecule has 2 aromatic heterocycles. The van der Waals surface area contributed by atoms with Crippen molar-refractivity contribution in [1.29, 1.82) is 0 Å². The number of aryl methyl sites for hydroxylation is 3. The van der Waals surface area contributed by atoms with Crippen molar-refractivity contribution in [2.75, 3.05) is 0 Å².